The van der Waals surface area contributed by atoms with Crippen LogP contribution in [0.1, 0.15) is 18.4 Å². The summed E-state index contributed by atoms with van der Waals surface area (Å²) in [4.78, 5) is 10.5. The number of hydrogen-bond acceptors (Lipinski definition) is 3. The Morgan fingerprint density at radius 3 is 2.56 bits per heavy atom. The summed E-state index contributed by atoms with van der Waals surface area (Å²) in [6.45, 7) is 1.52. The average Bonchev–Trinajstić information content (AvgIpc) is 2.39. The highest BCUT2D eigenvalue weighted by Crippen LogP contribution is 2.18. The molecule has 95 valence electrons. The molecule has 0 aliphatic carbocycles. The van der Waals surface area contributed by atoms with Crippen LogP contribution in [0.15, 0.2) is 30.3 Å². The predicted molar refractivity (Wildman–Crippen MR) is 68.0 cm³/mol. The van der Waals surface area contributed by atoms with Crippen LogP contribution in [-0.4, -0.2) is 25.2 Å². The third kappa shape index (κ3) is 3.89. The summed E-state index contributed by atoms with van der Waals surface area (Å²) in [5.41, 5.74) is 7.66. The molecular formula is C14H16NO3. The van der Waals surface area contributed by atoms with Crippen LogP contribution in [0.4, 0.5) is 0 Å². The number of ether oxygens (including phenoxy) is 2. The summed E-state index contributed by atoms with van der Waals surface area (Å²) >= 11 is 0. The quantitative estimate of drug-likeness (QED) is 0.764. The van der Waals surface area contributed by atoms with Gasteiger partial charge in [-0.15, -0.1) is 0 Å². The highest BCUT2D eigenvalue weighted by atomic mass is 16.5. The van der Waals surface area contributed by atoms with Crippen molar-refractivity contribution in [1.29, 1.82) is 0 Å². The highest BCUT2D eigenvalue weighted by molar-refractivity contribution is 5.89. The average molecular weight is 246 g/mol. The summed E-state index contributed by atoms with van der Waals surface area (Å²) in [7, 11) is 0. The zero-order valence-electron chi connectivity index (χ0n) is 10.1. The molecule has 1 aromatic rings. The van der Waals surface area contributed by atoms with Crippen LogP contribution < -0.4 is 10.5 Å². The Balaban J connectivity index is 1.92. The molecule has 1 heterocycles. The molecule has 4 heteroatoms. The van der Waals surface area contributed by atoms with Gasteiger partial charge in [-0.25, -0.2) is 0 Å². The van der Waals surface area contributed by atoms with Gasteiger partial charge in [0.05, 0.1) is 13.2 Å². The molecule has 0 bridgehead atoms. The molecule has 0 atom stereocenters. The minimum absolute atomic E-state index is 0.231. The van der Waals surface area contributed by atoms with Crippen LogP contribution in [0.25, 0.3) is 6.08 Å². The molecule has 4 nitrogen and oxygen atoms in total. The number of carbonyl (C=O) groups is 1. The third-order valence-electron chi connectivity index (χ3n) is 2.78. The molecule has 0 unspecified atom stereocenters. The number of amides is 1. The lowest BCUT2D eigenvalue weighted by molar-refractivity contribution is -0.114. The summed E-state index contributed by atoms with van der Waals surface area (Å²) in [6.07, 6.45) is 4.93. The maximum absolute atomic E-state index is 10.5. The Labute approximate surface area is 106 Å². The van der Waals surface area contributed by atoms with Gasteiger partial charge in [0, 0.05) is 18.9 Å². The Morgan fingerprint density at radius 1 is 1.28 bits per heavy atom. The van der Waals surface area contributed by atoms with Crippen molar-refractivity contribution < 1.29 is 14.3 Å². The molecule has 0 saturated carbocycles. The molecule has 1 N–H and O–H groups in total. The van der Waals surface area contributed by atoms with E-state index in [9.17, 15) is 4.79 Å². The van der Waals surface area contributed by atoms with Crippen molar-refractivity contribution in [3.63, 3.8) is 0 Å². The fourth-order valence-corrected chi connectivity index (χ4v) is 1.82. The Morgan fingerprint density at radius 2 is 1.94 bits per heavy atom. The first kappa shape index (κ1) is 12.6. The van der Waals surface area contributed by atoms with Crippen LogP contribution in [0.5, 0.6) is 5.75 Å². The zero-order chi connectivity index (χ0) is 12.8. The van der Waals surface area contributed by atoms with Crippen LogP contribution >= 0.6 is 0 Å². The van der Waals surface area contributed by atoms with Crippen LogP contribution in [0.2, 0.25) is 0 Å². The summed E-state index contributed by atoms with van der Waals surface area (Å²) < 4.78 is 11.1. The molecule has 1 fully saturated rings. The third-order valence-corrected chi connectivity index (χ3v) is 2.78. The smallest absolute Gasteiger partial charge is 0.262 e. The number of nitrogens with one attached hydrogen (secondary N) is 1. The lowest BCUT2D eigenvalue weighted by atomic mass is 10.1. The van der Waals surface area contributed by atoms with Crippen molar-refractivity contribution in [2.45, 2.75) is 18.9 Å². The van der Waals surface area contributed by atoms with E-state index in [0.29, 0.717) is 0 Å². The van der Waals surface area contributed by atoms with E-state index >= 15 is 0 Å². The molecule has 1 saturated heterocycles. The molecule has 1 aromatic carbocycles. The van der Waals surface area contributed by atoms with Crippen molar-refractivity contribution in [2.24, 2.45) is 0 Å². The SMILES string of the molecule is [NH]C(=O)C=Cc1ccc(OC2CCOCC2)cc1. The molecule has 1 aliphatic rings. The lowest BCUT2D eigenvalue weighted by Gasteiger charge is -2.23. The lowest BCUT2D eigenvalue weighted by Crippen LogP contribution is -2.25. The van der Waals surface area contributed by atoms with Crippen molar-refractivity contribution in [3.8, 4) is 5.75 Å². The topological polar surface area (TPSA) is 59.3 Å². The number of hydrogen-bond donors (Lipinski definition) is 0. The van der Waals surface area contributed by atoms with E-state index in [0.717, 1.165) is 37.4 Å². The van der Waals surface area contributed by atoms with E-state index < -0.39 is 5.91 Å². The second-order valence-electron chi connectivity index (χ2n) is 4.20. The van der Waals surface area contributed by atoms with Gasteiger partial charge in [0.15, 0.2) is 0 Å². The fraction of sp³-hybridized carbons (Fsp3) is 0.357. The zero-order valence-corrected chi connectivity index (χ0v) is 10.1. The maximum atomic E-state index is 10.5. The van der Waals surface area contributed by atoms with Gasteiger partial charge in [0.1, 0.15) is 11.9 Å². The molecule has 18 heavy (non-hydrogen) atoms. The summed E-state index contributed by atoms with van der Waals surface area (Å²) in [5.74, 6) is 0.133. The van der Waals surface area contributed by atoms with Crippen molar-refractivity contribution >= 4 is 12.0 Å². The van der Waals surface area contributed by atoms with Crippen molar-refractivity contribution in [1.82, 2.24) is 5.73 Å². The van der Waals surface area contributed by atoms with Gasteiger partial charge >= 0.3 is 0 Å². The fourth-order valence-electron chi connectivity index (χ4n) is 1.82. The van der Waals surface area contributed by atoms with Gasteiger partial charge < -0.3 is 9.47 Å². The molecule has 1 aliphatic heterocycles. The van der Waals surface area contributed by atoms with Gasteiger partial charge in [-0.2, -0.15) is 0 Å². The van der Waals surface area contributed by atoms with E-state index in [-0.39, 0.29) is 6.10 Å². The van der Waals surface area contributed by atoms with Gasteiger partial charge in [-0.1, -0.05) is 12.1 Å². The van der Waals surface area contributed by atoms with E-state index in [1.54, 1.807) is 6.08 Å². The first-order valence-corrected chi connectivity index (χ1v) is 6.02. The first-order chi connectivity index (χ1) is 8.74. The van der Waals surface area contributed by atoms with E-state index in [4.69, 9.17) is 15.2 Å². The monoisotopic (exact) mass is 246 g/mol. The highest BCUT2D eigenvalue weighted by Gasteiger charge is 2.14. The second kappa shape index (κ2) is 6.21. The van der Waals surface area contributed by atoms with E-state index in [2.05, 4.69) is 0 Å². The Bertz CT molecular complexity index is 419. The molecule has 0 spiro atoms. The normalized spacial score (nSPS) is 16.9. The largest absolute Gasteiger partial charge is 0.490 e. The summed E-state index contributed by atoms with van der Waals surface area (Å²) in [6, 6.07) is 7.50. The first-order valence-electron chi connectivity index (χ1n) is 6.02. The number of rotatable bonds is 4. The summed E-state index contributed by atoms with van der Waals surface area (Å²) in [5, 5.41) is 0. The molecule has 2 rings (SSSR count). The van der Waals surface area contributed by atoms with Crippen LogP contribution in [0, 0.1) is 0 Å². The van der Waals surface area contributed by atoms with E-state index in [1.807, 2.05) is 24.3 Å². The van der Waals surface area contributed by atoms with E-state index in [1.165, 1.54) is 6.08 Å². The molecular weight excluding hydrogens is 230 g/mol. The van der Waals surface area contributed by atoms with Crippen molar-refractivity contribution in [2.75, 3.05) is 13.2 Å². The molecule has 1 amide bonds. The van der Waals surface area contributed by atoms with Crippen LogP contribution in [0.3, 0.4) is 0 Å². The Kier molecular flexibility index (Phi) is 4.36. The van der Waals surface area contributed by atoms with Gasteiger partial charge in [0.25, 0.3) is 5.91 Å². The minimum Gasteiger partial charge on any atom is -0.490 e. The maximum Gasteiger partial charge on any atom is 0.262 e. The second-order valence-corrected chi connectivity index (χ2v) is 4.20. The van der Waals surface area contributed by atoms with Crippen molar-refractivity contribution in [3.05, 3.63) is 35.9 Å². The number of benzene rings is 1. The molecule has 1 radical (unpaired) electrons. The molecule has 0 aromatic heterocycles. The van der Waals surface area contributed by atoms with Crippen LogP contribution in [-0.2, 0) is 9.53 Å². The standard InChI is InChI=1S/C14H16NO3/c15-14(16)6-3-11-1-4-12(5-2-11)18-13-7-9-17-10-8-13/h1-6,13,15H,7-10H2. The Hall–Kier alpha value is -1.81. The van der Waals surface area contributed by atoms with Gasteiger partial charge in [-0.3, -0.25) is 10.5 Å². The minimum atomic E-state index is -0.697. The van der Waals surface area contributed by atoms with Gasteiger partial charge in [-0.05, 0) is 23.8 Å². The van der Waals surface area contributed by atoms with Gasteiger partial charge in [0.2, 0.25) is 0 Å². The number of carbonyl (C=O) groups excluding carboxylic acids is 1. The predicted octanol–water partition coefficient (Wildman–Crippen LogP) is 2.07.